The zero-order chi connectivity index (χ0) is 83.8. The van der Waals surface area contributed by atoms with Gasteiger partial charge in [0.15, 0.2) is 23.3 Å². The first-order valence-electron chi connectivity index (χ1n) is 43.1. The van der Waals surface area contributed by atoms with Crippen LogP contribution in [-0.2, 0) is 0 Å². The average Bonchev–Trinajstić information content (AvgIpc) is 1.54. The third-order valence-electron chi connectivity index (χ3n) is 25.8. The Hall–Kier alpha value is -17.6. The summed E-state index contributed by atoms with van der Waals surface area (Å²) < 4.78 is 27.1. The quantitative estimate of drug-likeness (QED) is 0.132. The van der Waals surface area contributed by atoms with E-state index in [0.717, 1.165) is 209 Å². The third-order valence-corrected chi connectivity index (χ3v) is 25.8. The minimum absolute atomic E-state index is 0.497. The van der Waals surface area contributed by atoms with Gasteiger partial charge in [0.1, 0.15) is 22.3 Å². The molecule has 0 aliphatic rings. The molecule has 596 valence electrons. The summed E-state index contributed by atoms with van der Waals surface area (Å²) in [6, 6.07) is 145. The molecule has 0 N–H and O–H groups in total. The zero-order valence-electron chi connectivity index (χ0n) is 68.4. The number of aromatic nitrogens is 12. The smallest absolute Gasteiger partial charge is 0.238 e. The maximum absolute atomic E-state index is 6.59. The SMILES string of the molecule is c1ccc(-n2c3ccccc3c3c2ccc2c4ccccc4n(-c4nc(-c5cccc6c5oc5ccccc56)nc(-c5cccc6c5oc5ccccc56)n4)c23)cc1.c1ccc(-n2c3ccccc3c3ccc(-c4nc(-c5ccc6c7ccccc7n(-c7ccccc7)c6c5)nc(-n5c6ccccc6c6ccc7c(c8ccccc8n7-c7ccccc7)c65)n4)cc32)cc1. The second-order valence-corrected chi connectivity index (χ2v) is 32.8. The van der Waals surface area contributed by atoms with Gasteiger partial charge in [0, 0.05) is 120 Å². The lowest BCUT2D eigenvalue weighted by atomic mass is 10.1. The van der Waals surface area contributed by atoms with E-state index in [1.54, 1.807) is 0 Å². The minimum Gasteiger partial charge on any atom is -0.455 e. The Morgan fingerprint density at radius 2 is 0.445 bits per heavy atom. The topological polar surface area (TPSA) is 133 Å². The highest BCUT2D eigenvalue weighted by Gasteiger charge is 2.29. The molecule has 128 heavy (non-hydrogen) atoms. The fraction of sp³-hybridized carbons (Fsp3) is 0. The number of para-hydroxylation sites is 14. The van der Waals surface area contributed by atoms with Crippen molar-refractivity contribution in [2.45, 2.75) is 0 Å². The van der Waals surface area contributed by atoms with Gasteiger partial charge in [-0.25, -0.2) is 9.97 Å². The van der Waals surface area contributed by atoms with Gasteiger partial charge in [-0.1, -0.05) is 279 Å². The highest BCUT2D eigenvalue weighted by Crippen LogP contribution is 2.48. The second kappa shape index (κ2) is 28.0. The van der Waals surface area contributed by atoms with Gasteiger partial charge in [0.05, 0.1) is 77.3 Å². The first-order valence-corrected chi connectivity index (χ1v) is 43.1. The fourth-order valence-corrected chi connectivity index (χ4v) is 20.3. The summed E-state index contributed by atoms with van der Waals surface area (Å²) in [4.78, 5) is 32.7. The molecule has 0 bridgehead atoms. The van der Waals surface area contributed by atoms with Gasteiger partial charge in [0.2, 0.25) is 11.9 Å². The Kier molecular flexibility index (Phi) is 15.5. The van der Waals surface area contributed by atoms with Gasteiger partial charge >= 0.3 is 0 Å². The van der Waals surface area contributed by atoms with E-state index in [0.29, 0.717) is 35.2 Å². The zero-order valence-corrected chi connectivity index (χ0v) is 68.4. The van der Waals surface area contributed by atoms with Crippen molar-refractivity contribution in [3.63, 3.8) is 0 Å². The number of hydrogen-bond donors (Lipinski definition) is 0. The van der Waals surface area contributed by atoms with Crippen molar-refractivity contribution in [3.05, 3.63) is 413 Å². The first-order chi connectivity index (χ1) is 63.5. The molecule has 0 saturated heterocycles. The highest BCUT2D eigenvalue weighted by atomic mass is 16.3. The van der Waals surface area contributed by atoms with Crippen molar-refractivity contribution >= 4 is 175 Å². The summed E-state index contributed by atoms with van der Waals surface area (Å²) in [5, 5.41) is 17.8. The monoisotopic (exact) mass is 1640 g/mol. The molecule has 0 radical (unpaired) electrons. The molecule has 10 aromatic heterocycles. The lowest BCUT2D eigenvalue weighted by molar-refractivity contribution is 0.669. The largest absolute Gasteiger partial charge is 0.455 e. The van der Waals surface area contributed by atoms with E-state index in [1.165, 1.54) is 10.8 Å². The van der Waals surface area contributed by atoms with Crippen molar-refractivity contribution < 1.29 is 8.83 Å². The molecule has 28 rings (SSSR count). The van der Waals surface area contributed by atoms with E-state index in [2.05, 4.69) is 379 Å². The van der Waals surface area contributed by atoms with E-state index < -0.39 is 0 Å². The predicted molar refractivity (Wildman–Crippen MR) is 522 cm³/mol. The Morgan fingerprint density at radius 1 is 0.172 bits per heavy atom. The van der Waals surface area contributed by atoms with Crippen LogP contribution in [0.15, 0.2) is 421 Å². The van der Waals surface area contributed by atoms with Crippen LogP contribution >= 0.6 is 0 Å². The molecule has 14 nitrogen and oxygen atoms in total. The van der Waals surface area contributed by atoms with E-state index in [-0.39, 0.29) is 0 Å². The van der Waals surface area contributed by atoms with Crippen molar-refractivity contribution in [1.29, 1.82) is 0 Å². The van der Waals surface area contributed by atoms with Gasteiger partial charge in [-0.05, 0) is 133 Å². The molecule has 0 atom stereocenters. The number of hydrogen-bond acceptors (Lipinski definition) is 8. The molecule has 18 aromatic carbocycles. The molecular weight excluding hydrogens is 1570 g/mol. The fourth-order valence-electron chi connectivity index (χ4n) is 20.3. The van der Waals surface area contributed by atoms with Crippen LogP contribution in [0.3, 0.4) is 0 Å². The number of benzene rings is 18. The number of fused-ring (bicyclic) bond motifs is 26. The van der Waals surface area contributed by atoms with Gasteiger partial charge in [-0.3, -0.25) is 9.13 Å². The van der Waals surface area contributed by atoms with Crippen molar-refractivity contribution in [2.24, 2.45) is 0 Å². The van der Waals surface area contributed by atoms with E-state index in [9.17, 15) is 0 Å². The number of rotatable bonds is 10. The van der Waals surface area contributed by atoms with Crippen LogP contribution < -0.4 is 0 Å². The van der Waals surface area contributed by atoms with Crippen LogP contribution in [-0.4, -0.2) is 57.3 Å². The highest BCUT2D eigenvalue weighted by molar-refractivity contribution is 6.28. The number of furan rings is 2. The minimum atomic E-state index is 0.497. The van der Waals surface area contributed by atoms with Crippen molar-refractivity contribution in [1.82, 2.24) is 57.3 Å². The molecule has 0 unspecified atom stereocenters. The number of nitrogens with zero attached hydrogens (tertiary/aromatic N) is 12. The normalized spacial score (nSPS) is 12.1. The molecule has 0 saturated carbocycles. The molecule has 14 heteroatoms. The Labute approximate surface area is 728 Å². The van der Waals surface area contributed by atoms with Crippen molar-refractivity contribution in [2.75, 3.05) is 0 Å². The maximum atomic E-state index is 6.59. The molecule has 0 aliphatic heterocycles. The van der Waals surface area contributed by atoms with Crippen molar-refractivity contribution in [3.8, 4) is 80.2 Å². The molecule has 0 spiro atoms. The molecule has 0 aliphatic carbocycles. The summed E-state index contributed by atoms with van der Waals surface area (Å²) in [7, 11) is 0. The standard InChI is InChI=1S/C63H39N7.C51H29N5O2/c1-4-18-42(19-5-1)67-55-31-17-13-27-51(55)59-56(67)37-36-50-47-26-12-16-30-54(47)70(60(50)59)63-65-61(40-32-34-48-45-24-10-14-28-52(45)68(57(48)38-40)43-20-6-2-7-21-43)64-62(66-63)41-33-35-49-46-25-11-15-29-53(46)69(58(49)39-41)44-22-8-3-9-23-44;1-2-14-30(15-3-1)55-41-25-9-5-19-37(41)45-42(55)29-28-34-31-16-4-8-24-40(31)56(46(34)45)51-53-49(38-22-12-20-35-32-17-6-10-26-43(32)57-47(35)38)52-50(54-51)39-23-13-21-36-33-18-7-11-27-44(33)58-48(36)39/h1-39H;1-29H. The molecule has 10 heterocycles. The van der Waals surface area contributed by atoms with Gasteiger partial charge < -0.3 is 27.1 Å². The first kappa shape index (κ1) is 71.0. The lowest BCUT2D eigenvalue weighted by Gasteiger charge is -2.13. The Balaban J connectivity index is 0.000000135. The van der Waals surface area contributed by atoms with Gasteiger partial charge in [-0.2, -0.15) is 19.9 Å². The van der Waals surface area contributed by atoms with Crippen LogP contribution in [0.2, 0.25) is 0 Å². The van der Waals surface area contributed by atoms with Crippen LogP contribution in [0, 0.1) is 0 Å². The van der Waals surface area contributed by atoms with E-state index >= 15 is 0 Å². The maximum Gasteiger partial charge on any atom is 0.238 e. The summed E-state index contributed by atoms with van der Waals surface area (Å²) >= 11 is 0. The molecule has 28 aromatic rings. The molecular formula is C114H68N12O2. The second-order valence-electron chi connectivity index (χ2n) is 32.8. The third kappa shape index (κ3) is 10.7. The van der Waals surface area contributed by atoms with Crippen LogP contribution in [0.25, 0.3) is 255 Å². The Bertz CT molecular complexity index is 9170. The van der Waals surface area contributed by atoms with Crippen LogP contribution in [0.4, 0.5) is 0 Å². The van der Waals surface area contributed by atoms with Gasteiger partial charge in [-0.15, -0.1) is 0 Å². The summed E-state index contributed by atoms with van der Waals surface area (Å²) in [6.45, 7) is 0. The summed E-state index contributed by atoms with van der Waals surface area (Å²) in [5.41, 5.74) is 23.8. The van der Waals surface area contributed by atoms with Gasteiger partial charge in [0.25, 0.3) is 0 Å². The summed E-state index contributed by atoms with van der Waals surface area (Å²) in [6.07, 6.45) is 0. The lowest BCUT2D eigenvalue weighted by Crippen LogP contribution is -2.07. The van der Waals surface area contributed by atoms with Crippen LogP contribution in [0.5, 0.6) is 0 Å². The molecule has 0 fully saturated rings. The van der Waals surface area contributed by atoms with E-state index in [1.807, 2.05) is 60.7 Å². The predicted octanol–water partition coefficient (Wildman–Crippen LogP) is 28.8. The van der Waals surface area contributed by atoms with E-state index in [4.69, 9.17) is 38.7 Å². The Morgan fingerprint density at radius 3 is 0.828 bits per heavy atom. The molecule has 0 amide bonds. The van der Waals surface area contributed by atoms with Crippen LogP contribution in [0.1, 0.15) is 0 Å². The summed E-state index contributed by atoms with van der Waals surface area (Å²) in [5.74, 6) is 3.21. The average molecular weight is 1640 g/mol.